The van der Waals surface area contributed by atoms with Crippen molar-refractivity contribution >= 4 is 6.29 Å². The molecule has 2 N–H and O–H groups in total. The number of benzene rings is 1. The molecule has 1 unspecified atom stereocenters. The maximum atomic E-state index is 11.3. The van der Waals surface area contributed by atoms with E-state index >= 15 is 0 Å². The number of rotatable bonds is 1. The second-order valence-electron chi connectivity index (χ2n) is 7.82. The summed E-state index contributed by atoms with van der Waals surface area (Å²) in [6.45, 7) is 2.19. The number of aliphatic hydroxyl groups is 1. The molecule has 3 heteroatoms. The van der Waals surface area contributed by atoms with Gasteiger partial charge in [-0.25, -0.2) is 0 Å². The summed E-state index contributed by atoms with van der Waals surface area (Å²) < 4.78 is 0. The van der Waals surface area contributed by atoms with Crippen molar-refractivity contribution in [2.24, 2.45) is 23.2 Å². The zero-order valence-corrected chi connectivity index (χ0v) is 13.0. The molecule has 1 aromatic carbocycles. The normalized spacial score (nSPS) is 43.1. The van der Waals surface area contributed by atoms with Gasteiger partial charge in [0.25, 0.3) is 0 Å². The van der Waals surface area contributed by atoms with Gasteiger partial charge < -0.3 is 15.0 Å². The van der Waals surface area contributed by atoms with Crippen molar-refractivity contribution in [3.63, 3.8) is 0 Å². The van der Waals surface area contributed by atoms with Crippen LogP contribution in [0.1, 0.15) is 49.7 Å². The van der Waals surface area contributed by atoms with Gasteiger partial charge in [0.15, 0.2) is 0 Å². The molecular weight excluding hydrogens is 276 g/mol. The lowest BCUT2D eigenvalue weighted by molar-refractivity contribution is -0.115. The van der Waals surface area contributed by atoms with E-state index < -0.39 is 6.10 Å². The van der Waals surface area contributed by atoms with Crippen molar-refractivity contribution in [1.82, 2.24) is 0 Å². The average Bonchev–Trinajstić information content (AvgIpc) is 2.78. The maximum absolute atomic E-state index is 11.3. The maximum Gasteiger partial charge on any atom is 0.125 e. The third kappa shape index (κ3) is 1.81. The summed E-state index contributed by atoms with van der Waals surface area (Å²) in [4.78, 5) is 11.3. The first-order valence-electron chi connectivity index (χ1n) is 8.50. The van der Waals surface area contributed by atoms with Crippen LogP contribution >= 0.6 is 0 Å². The van der Waals surface area contributed by atoms with Crippen LogP contribution in [0.4, 0.5) is 0 Å². The van der Waals surface area contributed by atoms with E-state index in [4.69, 9.17) is 0 Å². The molecule has 3 nitrogen and oxygen atoms in total. The van der Waals surface area contributed by atoms with Gasteiger partial charge in [0.2, 0.25) is 0 Å². The Labute approximate surface area is 131 Å². The van der Waals surface area contributed by atoms with Crippen LogP contribution in [0.25, 0.3) is 0 Å². The van der Waals surface area contributed by atoms with Gasteiger partial charge in [-0.15, -0.1) is 0 Å². The van der Waals surface area contributed by atoms with Gasteiger partial charge in [0.1, 0.15) is 12.0 Å². The van der Waals surface area contributed by atoms with Crippen LogP contribution in [-0.2, 0) is 11.2 Å². The molecule has 0 saturated heterocycles. The molecule has 6 atom stereocenters. The Balaban J connectivity index is 1.70. The minimum atomic E-state index is -0.475. The summed E-state index contributed by atoms with van der Waals surface area (Å²) in [6, 6.07) is 5.80. The smallest absolute Gasteiger partial charge is 0.125 e. The van der Waals surface area contributed by atoms with E-state index in [-0.39, 0.29) is 11.3 Å². The highest BCUT2D eigenvalue weighted by Crippen LogP contribution is 2.61. The predicted octanol–water partition coefficient (Wildman–Crippen LogP) is 3.03. The summed E-state index contributed by atoms with van der Waals surface area (Å²) in [7, 11) is 0. The first-order valence-corrected chi connectivity index (χ1v) is 8.50. The summed E-state index contributed by atoms with van der Waals surface area (Å²) >= 11 is 0. The molecule has 0 bridgehead atoms. The van der Waals surface area contributed by atoms with Crippen LogP contribution in [0.5, 0.6) is 5.75 Å². The molecule has 3 aliphatic rings. The summed E-state index contributed by atoms with van der Waals surface area (Å²) in [5, 5.41) is 20.3. The molecule has 0 heterocycles. The molecule has 0 amide bonds. The molecule has 22 heavy (non-hydrogen) atoms. The Kier molecular flexibility index (Phi) is 3.12. The van der Waals surface area contributed by atoms with Crippen molar-refractivity contribution in [2.45, 2.75) is 51.0 Å². The molecule has 0 aliphatic heterocycles. The monoisotopic (exact) mass is 300 g/mol. The molecule has 1 aromatic rings. The fourth-order valence-corrected chi connectivity index (χ4v) is 5.77. The average molecular weight is 300 g/mol. The quantitative estimate of drug-likeness (QED) is 0.784. The van der Waals surface area contributed by atoms with Crippen LogP contribution in [0.3, 0.4) is 0 Å². The summed E-state index contributed by atoms with van der Waals surface area (Å²) in [6.07, 6.45) is 5.52. The predicted molar refractivity (Wildman–Crippen MR) is 83.7 cm³/mol. The van der Waals surface area contributed by atoms with Crippen LogP contribution < -0.4 is 0 Å². The standard InChI is InChI=1S/C19H24O3/c1-19-7-6-15-14-5-3-13(21)8-11(14)2-4-16(15)17(19)9-12(10-20)18(19)22/h3,5,8,10,12,15-18,21-22H,2,4,6-7,9H2,1H3/t12?,15-,16-,17+,18+,19+/m1/s1. The number of fused-ring (bicyclic) bond motifs is 5. The van der Waals surface area contributed by atoms with Crippen molar-refractivity contribution < 1.29 is 15.0 Å². The minimum Gasteiger partial charge on any atom is -0.508 e. The Morgan fingerprint density at radius 2 is 2.14 bits per heavy atom. The SMILES string of the molecule is C[C@]12CC[C@@H]3c4ccc(O)cc4CC[C@H]3[C@@H]1CC(C=O)[C@@H]2O. The van der Waals surface area contributed by atoms with E-state index in [0.29, 0.717) is 23.5 Å². The molecule has 118 valence electrons. The van der Waals surface area contributed by atoms with Crippen LogP contribution in [0.2, 0.25) is 0 Å². The summed E-state index contributed by atoms with van der Waals surface area (Å²) in [5.74, 6) is 1.71. The fourth-order valence-electron chi connectivity index (χ4n) is 5.77. The third-order valence-corrected chi connectivity index (χ3v) is 6.93. The van der Waals surface area contributed by atoms with Crippen LogP contribution in [-0.4, -0.2) is 22.6 Å². The highest BCUT2D eigenvalue weighted by Gasteiger charge is 2.57. The van der Waals surface area contributed by atoms with E-state index in [0.717, 1.165) is 38.4 Å². The molecule has 3 aliphatic carbocycles. The van der Waals surface area contributed by atoms with Gasteiger partial charge in [0.05, 0.1) is 6.10 Å². The van der Waals surface area contributed by atoms with Gasteiger partial charge in [-0.2, -0.15) is 0 Å². The van der Waals surface area contributed by atoms with Crippen LogP contribution in [0.15, 0.2) is 18.2 Å². The second kappa shape index (κ2) is 4.82. The van der Waals surface area contributed by atoms with E-state index in [2.05, 4.69) is 13.0 Å². The molecular formula is C19H24O3. The Morgan fingerprint density at radius 3 is 2.91 bits per heavy atom. The topological polar surface area (TPSA) is 57.5 Å². The van der Waals surface area contributed by atoms with Gasteiger partial charge in [-0.1, -0.05) is 13.0 Å². The van der Waals surface area contributed by atoms with Gasteiger partial charge in [-0.3, -0.25) is 0 Å². The first-order chi connectivity index (χ1) is 10.5. The van der Waals surface area contributed by atoms with E-state index in [9.17, 15) is 15.0 Å². The van der Waals surface area contributed by atoms with Gasteiger partial charge in [0, 0.05) is 5.92 Å². The van der Waals surface area contributed by atoms with Crippen molar-refractivity contribution in [3.8, 4) is 5.75 Å². The van der Waals surface area contributed by atoms with Crippen molar-refractivity contribution in [1.29, 1.82) is 0 Å². The molecule has 2 saturated carbocycles. The Morgan fingerprint density at radius 1 is 1.32 bits per heavy atom. The molecule has 0 spiro atoms. The number of hydrogen-bond acceptors (Lipinski definition) is 3. The molecule has 2 fully saturated rings. The van der Waals surface area contributed by atoms with Crippen LogP contribution in [0, 0.1) is 23.2 Å². The highest BCUT2D eigenvalue weighted by molar-refractivity contribution is 5.56. The van der Waals surface area contributed by atoms with E-state index in [1.165, 1.54) is 11.1 Å². The highest BCUT2D eigenvalue weighted by atomic mass is 16.3. The second-order valence-corrected chi connectivity index (χ2v) is 7.82. The first kappa shape index (κ1) is 14.3. The molecule has 4 rings (SSSR count). The zero-order chi connectivity index (χ0) is 15.5. The number of phenolic OH excluding ortho intramolecular Hbond substituents is 1. The van der Waals surface area contributed by atoms with E-state index in [1.54, 1.807) is 6.07 Å². The number of carbonyl (C=O) groups excluding carboxylic acids is 1. The van der Waals surface area contributed by atoms with Crippen molar-refractivity contribution in [3.05, 3.63) is 29.3 Å². The largest absolute Gasteiger partial charge is 0.508 e. The van der Waals surface area contributed by atoms with E-state index in [1.807, 2.05) is 6.07 Å². The Hall–Kier alpha value is -1.35. The molecule has 0 aromatic heterocycles. The number of hydrogen-bond donors (Lipinski definition) is 2. The lowest BCUT2D eigenvalue weighted by Gasteiger charge is -2.50. The number of aliphatic hydroxyl groups excluding tert-OH is 1. The number of aldehydes is 1. The number of phenols is 1. The number of aromatic hydroxyl groups is 1. The molecule has 0 radical (unpaired) electrons. The number of aryl methyl sites for hydroxylation is 1. The van der Waals surface area contributed by atoms with Crippen molar-refractivity contribution in [2.75, 3.05) is 0 Å². The zero-order valence-electron chi connectivity index (χ0n) is 13.0. The minimum absolute atomic E-state index is 0.0961. The van der Waals surface area contributed by atoms with Gasteiger partial charge in [-0.05, 0) is 78.5 Å². The fraction of sp³-hybridized carbons (Fsp3) is 0.632. The van der Waals surface area contributed by atoms with Gasteiger partial charge >= 0.3 is 0 Å². The third-order valence-electron chi connectivity index (χ3n) is 6.93. The lowest BCUT2D eigenvalue weighted by atomic mass is 9.55. The Bertz CT molecular complexity index is 611. The number of carbonyl (C=O) groups is 1. The lowest BCUT2D eigenvalue weighted by Crippen LogP contribution is -2.44. The summed E-state index contributed by atoms with van der Waals surface area (Å²) in [5.41, 5.74) is 2.58.